The molecule has 0 aliphatic rings. The van der Waals surface area contributed by atoms with Crippen molar-refractivity contribution >= 4 is 11.9 Å². The molecule has 100 valence electrons. The quantitative estimate of drug-likeness (QED) is 0.789. The largest absolute Gasteiger partial charge is 0.475 e. The van der Waals surface area contributed by atoms with Crippen LogP contribution in [-0.4, -0.2) is 41.5 Å². The molecule has 6 nitrogen and oxygen atoms in total. The lowest BCUT2D eigenvalue weighted by Gasteiger charge is -2.20. The zero-order chi connectivity index (χ0) is 13.7. The molecule has 2 N–H and O–H groups in total. The molecule has 0 radical (unpaired) electrons. The van der Waals surface area contributed by atoms with Crippen LogP contribution in [-0.2, 0) is 11.3 Å². The number of hydrogen-bond acceptors (Lipinski definition) is 4. The van der Waals surface area contributed by atoms with E-state index >= 15 is 0 Å². The lowest BCUT2D eigenvalue weighted by molar-refractivity contribution is -0.131. The monoisotopic (exact) mass is 254 g/mol. The Morgan fingerprint density at radius 1 is 1.56 bits per heavy atom. The third-order valence-electron chi connectivity index (χ3n) is 2.76. The van der Waals surface area contributed by atoms with Crippen molar-refractivity contribution in [3.63, 3.8) is 0 Å². The number of carboxylic acid groups (broad SMARTS) is 1. The molecule has 0 aliphatic carbocycles. The summed E-state index contributed by atoms with van der Waals surface area (Å²) in [5.74, 6) is -1.23. The van der Waals surface area contributed by atoms with Gasteiger partial charge in [-0.3, -0.25) is 4.79 Å². The normalized spacial score (nSPS) is 12.2. The maximum atomic E-state index is 11.8. The lowest BCUT2D eigenvalue weighted by Crippen LogP contribution is -2.42. The van der Waals surface area contributed by atoms with Crippen molar-refractivity contribution in [2.45, 2.75) is 26.4 Å². The Kier molecular flexibility index (Phi) is 4.91. The van der Waals surface area contributed by atoms with E-state index in [1.54, 1.807) is 24.9 Å². The molecule has 1 aromatic heterocycles. The van der Waals surface area contributed by atoms with Crippen LogP contribution in [0.2, 0.25) is 0 Å². The Hall–Kier alpha value is -1.82. The third kappa shape index (κ3) is 3.33. The van der Waals surface area contributed by atoms with Gasteiger partial charge in [-0.15, -0.1) is 0 Å². The third-order valence-corrected chi connectivity index (χ3v) is 2.76. The number of likely N-dealkylation sites (N-methyl/N-ethyl adjacent to an activating group) is 1. The SMILES string of the molecule is CCN(C)C(=O)C(C)NCc1ccoc1C(=O)O. The van der Waals surface area contributed by atoms with E-state index < -0.39 is 5.97 Å². The van der Waals surface area contributed by atoms with E-state index in [4.69, 9.17) is 9.52 Å². The molecule has 1 aromatic rings. The molecular formula is C12H18N2O4. The maximum absolute atomic E-state index is 11.8. The van der Waals surface area contributed by atoms with Crippen molar-refractivity contribution in [3.8, 4) is 0 Å². The standard InChI is InChI=1S/C12H18N2O4/c1-4-14(3)11(15)8(2)13-7-9-5-6-18-10(9)12(16)17/h5-6,8,13H,4,7H2,1-3H3,(H,16,17). The van der Waals surface area contributed by atoms with Crippen molar-refractivity contribution in [2.75, 3.05) is 13.6 Å². The van der Waals surface area contributed by atoms with Gasteiger partial charge in [0.15, 0.2) is 0 Å². The van der Waals surface area contributed by atoms with Gasteiger partial charge in [-0.1, -0.05) is 0 Å². The number of amides is 1. The first-order valence-corrected chi connectivity index (χ1v) is 5.75. The van der Waals surface area contributed by atoms with Gasteiger partial charge in [-0.25, -0.2) is 4.79 Å². The zero-order valence-electron chi connectivity index (χ0n) is 10.8. The van der Waals surface area contributed by atoms with Crippen LogP contribution in [0.5, 0.6) is 0 Å². The fourth-order valence-corrected chi connectivity index (χ4v) is 1.50. The maximum Gasteiger partial charge on any atom is 0.372 e. The van der Waals surface area contributed by atoms with Crippen LogP contribution in [0, 0.1) is 0 Å². The molecule has 1 atom stereocenters. The van der Waals surface area contributed by atoms with Gasteiger partial charge in [0.25, 0.3) is 0 Å². The molecule has 1 rings (SSSR count). The van der Waals surface area contributed by atoms with E-state index in [-0.39, 0.29) is 24.3 Å². The van der Waals surface area contributed by atoms with E-state index in [0.29, 0.717) is 12.1 Å². The van der Waals surface area contributed by atoms with Gasteiger partial charge in [-0.05, 0) is 19.9 Å². The van der Waals surface area contributed by atoms with Crippen molar-refractivity contribution < 1.29 is 19.1 Å². The first kappa shape index (κ1) is 14.2. The van der Waals surface area contributed by atoms with E-state index in [1.165, 1.54) is 6.26 Å². The first-order chi connectivity index (χ1) is 8.47. The summed E-state index contributed by atoms with van der Waals surface area (Å²) in [4.78, 5) is 24.2. The second-order valence-electron chi connectivity index (χ2n) is 4.04. The number of carbonyl (C=O) groups is 2. The second kappa shape index (κ2) is 6.20. The molecule has 0 aliphatic heterocycles. The number of nitrogens with one attached hydrogen (secondary N) is 1. The first-order valence-electron chi connectivity index (χ1n) is 5.75. The number of aromatic carboxylic acids is 1. The van der Waals surface area contributed by atoms with Crippen molar-refractivity contribution in [1.82, 2.24) is 10.2 Å². The van der Waals surface area contributed by atoms with Crippen molar-refractivity contribution in [1.29, 1.82) is 0 Å². The highest BCUT2D eigenvalue weighted by Crippen LogP contribution is 2.10. The van der Waals surface area contributed by atoms with Crippen LogP contribution in [0.4, 0.5) is 0 Å². The Morgan fingerprint density at radius 2 is 2.22 bits per heavy atom. The highest BCUT2D eigenvalue weighted by atomic mass is 16.4. The van der Waals surface area contributed by atoms with Crippen LogP contribution in [0.1, 0.15) is 30.0 Å². The number of carboxylic acids is 1. The molecule has 0 aromatic carbocycles. The van der Waals surface area contributed by atoms with E-state index in [1.807, 2.05) is 6.92 Å². The summed E-state index contributed by atoms with van der Waals surface area (Å²) >= 11 is 0. The summed E-state index contributed by atoms with van der Waals surface area (Å²) in [7, 11) is 1.72. The average Bonchev–Trinajstić information content (AvgIpc) is 2.82. The molecule has 0 bridgehead atoms. The smallest absolute Gasteiger partial charge is 0.372 e. The van der Waals surface area contributed by atoms with E-state index in [2.05, 4.69) is 5.32 Å². The van der Waals surface area contributed by atoms with Crippen LogP contribution < -0.4 is 5.32 Å². The zero-order valence-corrected chi connectivity index (χ0v) is 10.8. The molecular weight excluding hydrogens is 236 g/mol. The Balaban J connectivity index is 2.57. The average molecular weight is 254 g/mol. The molecule has 18 heavy (non-hydrogen) atoms. The predicted octanol–water partition coefficient (Wildman–Crippen LogP) is 0.934. The molecule has 1 amide bonds. The molecule has 6 heteroatoms. The van der Waals surface area contributed by atoms with Crippen LogP contribution in [0.25, 0.3) is 0 Å². The summed E-state index contributed by atoms with van der Waals surface area (Å²) in [5.41, 5.74) is 0.529. The summed E-state index contributed by atoms with van der Waals surface area (Å²) in [5, 5.41) is 11.8. The Labute approximate surface area is 106 Å². The molecule has 0 saturated carbocycles. The summed E-state index contributed by atoms with van der Waals surface area (Å²) in [6.45, 7) is 4.55. The van der Waals surface area contributed by atoms with Gasteiger partial charge in [0.05, 0.1) is 12.3 Å². The minimum absolute atomic E-state index is 0.0298. The number of carbonyl (C=O) groups excluding carboxylic acids is 1. The highest BCUT2D eigenvalue weighted by Gasteiger charge is 2.18. The molecule has 1 heterocycles. The molecule has 0 fully saturated rings. The van der Waals surface area contributed by atoms with Gasteiger partial charge >= 0.3 is 5.97 Å². The van der Waals surface area contributed by atoms with Crippen LogP contribution >= 0.6 is 0 Å². The van der Waals surface area contributed by atoms with Crippen molar-refractivity contribution in [3.05, 3.63) is 23.7 Å². The van der Waals surface area contributed by atoms with Gasteiger partial charge in [-0.2, -0.15) is 0 Å². The van der Waals surface area contributed by atoms with Gasteiger partial charge < -0.3 is 19.7 Å². The van der Waals surface area contributed by atoms with Crippen LogP contribution in [0.15, 0.2) is 16.7 Å². The summed E-state index contributed by atoms with van der Waals surface area (Å²) < 4.78 is 4.85. The number of furan rings is 1. The fraction of sp³-hybridized carbons (Fsp3) is 0.500. The lowest BCUT2D eigenvalue weighted by atomic mass is 10.2. The molecule has 0 saturated heterocycles. The minimum atomic E-state index is -1.11. The predicted molar refractivity (Wildman–Crippen MR) is 65.3 cm³/mol. The molecule has 0 spiro atoms. The molecule has 1 unspecified atom stereocenters. The number of rotatable bonds is 6. The summed E-state index contributed by atoms with van der Waals surface area (Å²) in [6, 6.07) is 1.21. The van der Waals surface area contributed by atoms with Crippen LogP contribution in [0.3, 0.4) is 0 Å². The minimum Gasteiger partial charge on any atom is -0.475 e. The Bertz CT molecular complexity index is 427. The second-order valence-corrected chi connectivity index (χ2v) is 4.04. The summed E-state index contributed by atoms with van der Waals surface area (Å²) in [6.07, 6.45) is 1.32. The van der Waals surface area contributed by atoms with Crippen molar-refractivity contribution in [2.24, 2.45) is 0 Å². The highest BCUT2D eigenvalue weighted by molar-refractivity contribution is 5.86. The van der Waals surface area contributed by atoms with Gasteiger partial charge in [0, 0.05) is 25.7 Å². The number of hydrogen-bond donors (Lipinski definition) is 2. The van der Waals surface area contributed by atoms with E-state index in [9.17, 15) is 9.59 Å². The fourth-order valence-electron chi connectivity index (χ4n) is 1.50. The number of nitrogens with zero attached hydrogens (tertiary/aromatic N) is 1. The van der Waals surface area contributed by atoms with Gasteiger partial charge in [0.1, 0.15) is 0 Å². The topological polar surface area (TPSA) is 82.8 Å². The van der Waals surface area contributed by atoms with Gasteiger partial charge in [0.2, 0.25) is 11.7 Å². The Morgan fingerprint density at radius 3 is 2.78 bits per heavy atom. The van der Waals surface area contributed by atoms with E-state index in [0.717, 1.165) is 0 Å².